The molecule has 0 aliphatic carbocycles. The number of alkyl halides is 6. The first kappa shape index (κ1) is 21.8. The standard InChI is InChI=1S/C19H18F6N2OS/c1-10(29)27-8-3-2-7-14(27)17(28)12-9-15(19(23,24)25)26-16-11(12)5-4-6-13(16)18(20,21)22/h4-6,9,14,17,28H,2-3,7-8H2,1H3/t14-,17-/m0/s1. The molecule has 1 aromatic carbocycles. The first-order valence-electron chi connectivity index (χ1n) is 8.94. The van der Waals surface area contributed by atoms with Gasteiger partial charge in [0, 0.05) is 11.9 Å². The number of hydrogen-bond donors (Lipinski definition) is 1. The third kappa shape index (κ3) is 4.32. The molecular weight excluding hydrogens is 418 g/mol. The largest absolute Gasteiger partial charge is 0.433 e. The minimum Gasteiger partial charge on any atom is -0.386 e. The lowest BCUT2D eigenvalue weighted by atomic mass is 9.90. The molecule has 10 heteroatoms. The molecule has 29 heavy (non-hydrogen) atoms. The summed E-state index contributed by atoms with van der Waals surface area (Å²) >= 11 is 5.19. The number of aliphatic hydroxyl groups excluding tert-OH is 1. The van der Waals surface area contributed by atoms with Crippen molar-refractivity contribution in [3.05, 3.63) is 41.1 Å². The van der Waals surface area contributed by atoms with Gasteiger partial charge in [0.15, 0.2) is 0 Å². The molecule has 2 atom stereocenters. The molecule has 0 radical (unpaired) electrons. The van der Waals surface area contributed by atoms with Crippen LogP contribution in [0.2, 0.25) is 0 Å². The van der Waals surface area contributed by atoms with Crippen molar-refractivity contribution in [3.8, 4) is 0 Å². The number of piperidine rings is 1. The van der Waals surface area contributed by atoms with Gasteiger partial charge in [-0.15, -0.1) is 0 Å². The second-order valence-electron chi connectivity index (χ2n) is 7.01. The van der Waals surface area contributed by atoms with Crippen molar-refractivity contribution in [2.45, 2.75) is 50.7 Å². The molecule has 158 valence electrons. The maximum absolute atomic E-state index is 13.4. The van der Waals surface area contributed by atoms with E-state index in [-0.39, 0.29) is 10.9 Å². The van der Waals surface area contributed by atoms with Gasteiger partial charge in [0.2, 0.25) is 0 Å². The number of halogens is 6. The lowest BCUT2D eigenvalue weighted by Gasteiger charge is -2.40. The molecule has 0 amide bonds. The number of aliphatic hydroxyl groups is 1. The summed E-state index contributed by atoms with van der Waals surface area (Å²) in [5.41, 5.74) is -3.81. The number of pyridine rings is 1. The van der Waals surface area contributed by atoms with Crippen LogP contribution in [0.4, 0.5) is 26.3 Å². The first-order chi connectivity index (χ1) is 13.4. The van der Waals surface area contributed by atoms with E-state index in [2.05, 4.69) is 4.98 Å². The van der Waals surface area contributed by atoms with Gasteiger partial charge >= 0.3 is 12.4 Å². The molecule has 1 aliphatic heterocycles. The smallest absolute Gasteiger partial charge is 0.386 e. The van der Waals surface area contributed by atoms with Crippen LogP contribution in [-0.2, 0) is 12.4 Å². The molecule has 2 aromatic rings. The van der Waals surface area contributed by atoms with Crippen molar-refractivity contribution in [1.82, 2.24) is 9.88 Å². The quantitative estimate of drug-likeness (QED) is 0.498. The summed E-state index contributed by atoms with van der Waals surface area (Å²) in [6.45, 7) is 2.17. The van der Waals surface area contributed by atoms with Crippen LogP contribution in [0, 0.1) is 0 Å². The highest BCUT2D eigenvalue weighted by Crippen LogP contribution is 2.40. The number of rotatable bonds is 2. The number of thiocarbonyl (C=S) groups is 1. The third-order valence-electron chi connectivity index (χ3n) is 5.10. The Morgan fingerprint density at radius 3 is 2.45 bits per heavy atom. The van der Waals surface area contributed by atoms with Gasteiger partial charge in [-0.05, 0) is 43.9 Å². The van der Waals surface area contributed by atoms with Gasteiger partial charge in [-0.3, -0.25) is 0 Å². The predicted octanol–water partition coefficient (Wildman–Crippen LogP) is 5.51. The number of nitrogens with zero attached hydrogens (tertiary/aromatic N) is 2. The third-order valence-corrected chi connectivity index (χ3v) is 5.34. The maximum atomic E-state index is 13.4. The Morgan fingerprint density at radius 2 is 1.86 bits per heavy atom. The monoisotopic (exact) mass is 436 g/mol. The van der Waals surface area contributed by atoms with Crippen molar-refractivity contribution in [2.24, 2.45) is 0 Å². The molecule has 1 aromatic heterocycles. The van der Waals surface area contributed by atoms with Crippen molar-refractivity contribution in [2.75, 3.05) is 6.54 Å². The summed E-state index contributed by atoms with van der Waals surface area (Å²) in [5.74, 6) is 0. The minimum atomic E-state index is -4.96. The van der Waals surface area contributed by atoms with E-state index in [1.807, 2.05) is 0 Å². The Labute approximate surface area is 168 Å². The van der Waals surface area contributed by atoms with Gasteiger partial charge in [-0.1, -0.05) is 24.4 Å². The highest BCUT2D eigenvalue weighted by Gasteiger charge is 2.39. The van der Waals surface area contributed by atoms with Crippen LogP contribution in [0.1, 0.15) is 49.1 Å². The summed E-state index contributed by atoms with van der Waals surface area (Å²) < 4.78 is 80.3. The zero-order chi connectivity index (χ0) is 21.6. The molecule has 1 aliphatic rings. The van der Waals surface area contributed by atoms with Crippen LogP contribution in [0.15, 0.2) is 24.3 Å². The zero-order valence-electron chi connectivity index (χ0n) is 15.3. The fraction of sp³-hybridized carbons (Fsp3) is 0.474. The van der Waals surface area contributed by atoms with Gasteiger partial charge in [-0.25, -0.2) is 4.98 Å². The molecule has 3 rings (SSSR count). The second-order valence-corrected chi connectivity index (χ2v) is 7.61. The zero-order valence-corrected chi connectivity index (χ0v) is 16.1. The molecule has 0 bridgehead atoms. The van der Waals surface area contributed by atoms with Crippen LogP contribution >= 0.6 is 12.2 Å². The number of fused-ring (bicyclic) bond motifs is 1. The summed E-state index contributed by atoms with van der Waals surface area (Å²) in [6.07, 6.45) is -9.32. The van der Waals surface area contributed by atoms with Gasteiger partial charge in [-0.2, -0.15) is 26.3 Å². The van der Waals surface area contributed by atoms with E-state index in [0.29, 0.717) is 30.1 Å². The number of benzene rings is 1. The Bertz CT molecular complexity index is 927. The Hall–Kier alpha value is -1.94. The summed E-state index contributed by atoms with van der Waals surface area (Å²) in [4.78, 5) is 5.45. The molecule has 0 spiro atoms. The van der Waals surface area contributed by atoms with Gasteiger partial charge in [0.25, 0.3) is 0 Å². The van der Waals surface area contributed by atoms with Crippen molar-refractivity contribution >= 4 is 28.1 Å². The molecule has 1 fully saturated rings. The summed E-state index contributed by atoms with van der Waals surface area (Å²) in [5, 5.41) is 10.8. The van der Waals surface area contributed by atoms with E-state index in [9.17, 15) is 31.4 Å². The van der Waals surface area contributed by atoms with Crippen molar-refractivity contribution in [1.29, 1.82) is 0 Å². The lowest BCUT2D eigenvalue weighted by molar-refractivity contribution is -0.142. The SMILES string of the molecule is CC(=S)N1CCCC[C@H]1[C@@H](O)c1cc(C(F)(F)F)nc2c(C(F)(F)F)cccc12. The van der Waals surface area contributed by atoms with Crippen LogP contribution in [0.25, 0.3) is 10.9 Å². The van der Waals surface area contributed by atoms with Crippen LogP contribution in [-0.4, -0.2) is 32.6 Å². The van der Waals surface area contributed by atoms with E-state index in [4.69, 9.17) is 12.2 Å². The number of aromatic nitrogens is 1. The van der Waals surface area contributed by atoms with Crippen LogP contribution in [0.5, 0.6) is 0 Å². The van der Waals surface area contributed by atoms with E-state index >= 15 is 0 Å². The molecule has 3 nitrogen and oxygen atoms in total. The average molecular weight is 436 g/mol. The topological polar surface area (TPSA) is 36.4 Å². The van der Waals surface area contributed by atoms with E-state index < -0.39 is 41.3 Å². The molecule has 1 N–H and O–H groups in total. The van der Waals surface area contributed by atoms with Crippen LogP contribution < -0.4 is 0 Å². The van der Waals surface area contributed by atoms with Crippen molar-refractivity contribution in [3.63, 3.8) is 0 Å². The normalized spacial score (nSPS) is 19.4. The van der Waals surface area contributed by atoms with Crippen LogP contribution in [0.3, 0.4) is 0 Å². The number of hydrogen-bond acceptors (Lipinski definition) is 3. The molecule has 2 heterocycles. The molecule has 1 saturated heterocycles. The predicted molar refractivity (Wildman–Crippen MR) is 99.3 cm³/mol. The van der Waals surface area contributed by atoms with Crippen molar-refractivity contribution < 1.29 is 31.4 Å². The number of likely N-dealkylation sites (tertiary alicyclic amines) is 1. The molecule has 0 unspecified atom stereocenters. The summed E-state index contributed by atoms with van der Waals surface area (Å²) in [6, 6.07) is 3.04. The minimum absolute atomic E-state index is 0.159. The Morgan fingerprint density at radius 1 is 1.17 bits per heavy atom. The first-order valence-corrected chi connectivity index (χ1v) is 9.35. The molecular formula is C19H18F6N2OS. The van der Waals surface area contributed by atoms with Gasteiger partial charge in [0.1, 0.15) is 11.8 Å². The van der Waals surface area contributed by atoms with Gasteiger partial charge in [0.05, 0.1) is 22.1 Å². The number of para-hydroxylation sites is 1. The molecule has 0 saturated carbocycles. The fourth-order valence-corrected chi connectivity index (χ4v) is 4.00. The second kappa shape index (κ2) is 7.71. The van der Waals surface area contributed by atoms with E-state index in [1.54, 1.807) is 11.8 Å². The van der Waals surface area contributed by atoms with E-state index in [0.717, 1.165) is 18.9 Å². The summed E-state index contributed by atoms with van der Waals surface area (Å²) in [7, 11) is 0. The Kier molecular flexibility index (Phi) is 5.79. The lowest BCUT2D eigenvalue weighted by Crippen LogP contribution is -2.45. The maximum Gasteiger partial charge on any atom is 0.433 e. The highest BCUT2D eigenvalue weighted by molar-refractivity contribution is 7.80. The average Bonchev–Trinajstić information content (AvgIpc) is 2.64. The fourth-order valence-electron chi connectivity index (χ4n) is 3.78. The Balaban J connectivity index is 2.24. The van der Waals surface area contributed by atoms with E-state index in [1.165, 1.54) is 6.07 Å². The highest BCUT2D eigenvalue weighted by atomic mass is 32.1. The van der Waals surface area contributed by atoms with Gasteiger partial charge < -0.3 is 10.0 Å².